The number of hydrogen-bond donors (Lipinski definition) is 2. The summed E-state index contributed by atoms with van der Waals surface area (Å²) >= 11 is 0. The summed E-state index contributed by atoms with van der Waals surface area (Å²) in [6.07, 6.45) is 2.61. The molecule has 2 N–H and O–H groups in total. The van der Waals surface area contributed by atoms with Gasteiger partial charge in [0, 0.05) is 29.7 Å². The van der Waals surface area contributed by atoms with E-state index < -0.39 is 29.5 Å². The van der Waals surface area contributed by atoms with Crippen molar-refractivity contribution in [3.63, 3.8) is 0 Å². The number of fused-ring (bicyclic) bond motifs is 1. The SMILES string of the molecule is O=C1C[C@@H](NCCc2c[nH]c3ccccc23)C(=O)N1c1ccc(F)c(F)c1. The first-order valence-electron chi connectivity index (χ1n) is 8.65. The number of imide groups is 1. The minimum atomic E-state index is -1.09. The monoisotopic (exact) mass is 369 g/mol. The van der Waals surface area contributed by atoms with E-state index in [0.29, 0.717) is 13.0 Å². The highest BCUT2D eigenvalue weighted by Gasteiger charge is 2.39. The molecule has 0 radical (unpaired) electrons. The molecule has 4 rings (SSSR count). The van der Waals surface area contributed by atoms with Gasteiger partial charge in [0.05, 0.1) is 18.2 Å². The van der Waals surface area contributed by atoms with Gasteiger partial charge in [-0.1, -0.05) is 18.2 Å². The van der Waals surface area contributed by atoms with Crippen molar-refractivity contribution in [3.8, 4) is 0 Å². The number of H-pyrrole nitrogens is 1. The number of rotatable bonds is 5. The molecule has 0 bridgehead atoms. The van der Waals surface area contributed by atoms with Crippen molar-refractivity contribution in [1.82, 2.24) is 10.3 Å². The maximum atomic E-state index is 13.4. The third-order valence-corrected chi connectivity index (χ3v) is 4.77. The van der Waals surface area contributed by atoms with E-state index >= 15 is 0 Å². The highest BCUT2D eigenvalue weighted by molar-refractivity contribution is 6.22. The first-order chi connectivity index (χ1) is 13.0. The summed E-state index contributed by atoms with van der Waals surface area (Å²) in [5.41, 5.74) is 2.21. The summed E-state index contributed by atoms with van der Waals surface area (Å²) < 4.78 is 26.5. The van der Waals surface area contributed by atoms with Crippen molar-refractivity contribution in [2.45, 2.75) is 18.9 Å². The van der Waals surface area contributed by atoms with Gasteiger partial charge in [-0.05, 0) is 30.2 Å². The molecule has 7 heteroatoms. The highest BCUT2D eigenvalue weighted by atomic mass is 19.2. The van der Waals surface area contributed by atoms with E-state index in [2.05, 4.69) is 10.3 Å². The third-order valence-electron chi connectivity index (χ3n) is 4.77. The molecular weight excluding hydrogens is 352 g/mol. The maximum absolute atomic E-state index is 13.4. The summed E-state index contributed by atoms with van der Waals surface area (Å²) in [5, 5.41) is 4.22. The molecule has 1 fully saturated rings. The molecule has 1 aromatic heterocycles. The number of aromatic amines is 1. The second-order valence-electron chi connectivity index (χ2n) is 6.49. The van der Waals surface area contributed by atoms with E-state index in [-0.39, 0.29) is 12.1 Å². The maximum Gasteiger partial charge on any atom is 0.251 e. The second kappa shape index (κ2) is 6.92. The number of hydrogen-bond acceptors (Lipinski definition) is 3. The van der Waals surface area contributed by atoms with Crippen molar-refractivity contribution < 1.29 is 18.4 Å². The van der Waals surface area contributed by atoms with Crippen molar-refractivity contribution in [3.05, 3.63) is 65.9 Å². The Hall–Kier alpha value is -3.06. The van der Waals surface area contributed by atoms with Crippen molar-refractivity contribution in [2.24, 2.45) is 0 Å². The molecule has 1 aliphatic heterocycles. The number of anilines is 1. The zero-order valence-electron chi connectivity index (χ0n) is 14.3. The van der Waals surface area contributed by atoms with Gasteiger partial charge in [-0.25, -0.2) is 13.7 Å². The number of aromatic nitrogens is 1. The van der Waals surface area contributed by atoms with Crippen LogP contribution < -0.4 is 10.2 Å². The Morgan fingerprint density at radius 2 is 1.93 bits per heavy atom. The Labute approximate surface area is 154 Å². The van der Waals surface area contributed by atoms with Gasteiger partial charge in [-0.2, -0.15) is 0 Å². The van der Waals surface area contributed by atoms with Crippen molar-refractivity contribution >= 4 is 28.4 Å². The van der Waals surface area contributed by atoms with E-state index in [4.69, 9.17) is 0 Å². The second-order valence-corrected chi connectivity index (χ2v) is 6.49. The molecule has 2 heterocycles. The predicted molar refractivity (Wildman–Crippen MR) is 97.3 cm³/mol. The number of benzene rings is 2. The summed E-state index contributed by atoms with van der Waals surface area (Å²) in [7, 11) is 0. The lowest BCUT2D eigenvalue weighted by Crippen LogP contribution is -2.39. The molecule has 0 aliphatic carbocycles. The van der Waals surface area contributed by atoms with Gasteiger partial charge in [0.25, 0.3) is 5.91 Å². The lowest BCUT2D eigenvalue weighted by atomic mass is 10.1. The average Bonchev–Trinajstić information content (AvgIpc) is 3.19. The van der Waals surface area contributed by atoms with Crippen molar-refractivity contribution in [1.29, 1.82) is 0 Å². The molecule has 0 unspecified atom stereocenters. The molecule has 3 aromatic rings. The number of carbonyl (C=O) groups excluding carboxylic acids is 2. The van der Waals surface area contributed by atoms with Crippen LogP contribution in [0.3, 0.4) is 0 Å². The minimum Gasteiger partial charge on any atom is -0.361 e. The number of nitrogens with one attached hydrogen (secondary N) is 2. The van der Waals surface area contributed by atoms with Crippen LogP contribution in [-0.2, 0) is 16.0 Å². The minimum absolute atomic E-state index is 0.00822. The lowest BCUT2D eigenvalue weighted by molar-refractivity contribution is -0.121. The summed E-state index contributed by atoms with van der Waals surface area (Å²) in [6.45, 7) is 0.511. The van der Waals surface area contributed by atoms with Crippen LogP contribution in [0.1, 0.15) is 12.0 Å². The number of nitrogens with zero attached hydrogens (tertiary/aromatic N) is 1. The van der Waals surface area contributed by atoms with Gasteiger partial charge < -0.3 is 10.3 Å². The Morgan fingerprint density at radius 1 is 1.11 bits per heavy atom. The van der Waals surface area contributed by atoms with Gasteiger partial charge in [0.1, 0.15) is 0 Å². The summed E-state index contributed by atoms with van der Waals surface area (Å²) in [4.78, 5) is 28.8. The van der Waals surface area contributed by atoms with E-state index in [9.17, 15) is 18.4 Å². The summed E-state index contributed by atoms with van der Waals surface area (Å²) in [6, 6.07) is 10.3. The van der Waals surface area contributed by atoms with E-state index in [1.165, 1.54) is 6.07 Å². The van der Waals surface area contributed by atoms with Crippen LogP contribution in [0.5, 0.6) is 0 Å². The Kier molecular flexibility index (Phi) is 4.45. The van der Waals surface area contributed by atoms with Gasteiger partial charge in [-0.15, -0.1) is 0 Å². The Bertz CT molecular complexity index is 1030. The fourth-order valence-corrected chi connectivity index (χ4v) is 3.41. The van der Waals surface area contributed by atoms with Gasteiger partial charge in [-0.3, -0.25) is 9.59 Å². The Morgan fingerprint density at radius 3 is 2.74 bits per heavy atom. The van der Waals surface area contributed by atoms with Crippen LogP contribution in [0.4, 0.5) is 14.5 Å². The zero-order chi connectivity index (χ0) is 19.0. The molecule has 1 atom stereocenters. The average molecular weight is 369 g/mol. The van der Waals surface area contributed by atoms with E-state index in [1.54, 1.807) is 0 Å². The molecule has 138 valence electrons. The molecule has 1 aliphatic rings. The van der Waals surface area contributed by atoms with Gasteiger partial charge in [0.2, 0.25) is 5.91 Å². The van der Waals surface area contributed by atoms with Gasteiger partial charge >= 0.3 is 0 Å². The number of halogens is 2. The largest absolute Gasteiger partial charge is 0.361 e. The third kappa shape index (κ3) is 3.21. The van der Waals surface area contributed by atoms with Crippen molar-refractivity contribution in [2.75, 3.05) is 11.4 Å². The number of para-hydroxylation sites is 1. The lowest BCUT2D eigenvalue weighted by Gasteiger charge is -2.15. The van der Waals surface area contributed by atoms with Gasteiger partial charge in [0.15, 0.2) is 11.6 Å². The molecule has 2 amide bonds. The molecule has 5 nitrogen and oxygen atoms in total. The van der Waals surface area contributed by atoms with Crippen LogP contribution in [0.15, 0.2) is 48.7 Å². The molecular formula is C20H17F2N3O2. The number of amides is 2. The molecule has 27 heavy (non-hydrogen) atoms. The van der Waals surface area contributed by atoms with Crippen LogP contribution in [-0.4, -0.2) is 29.4 Å². The standard InChI is InChI=1S/C20H17F2N3O2/c21-15-6-5-13(9-16(15)22)25-19(26)10-18(20(25)27)23-8-7-12-11-24-17-4-2-1-3-14(12)17/h1-6,9,11,18,23-24H,7-8,10H2/t18-/m1/s1. The van der Waals surface area contributed by atoms with Crippen LogP contribution in [0, 0.1) is 11.6 Å². The number of carbonyl (C=O) groups is 2. The van der Waals surface area contributed by atoms with Crippen LogP contribution >= 0.6 is 0 Å². The quantitative estimate of drug-likeness (QED) is 0.680. The first kappa shape index (κ1) is 17.4. The van der Waals surface area contributed by atoms with E-state index in [1.807, 2.05) is 30.5 Å². The molecule has 0 spiro atoms. The summed E-state index contributed by atoms with van der Waals surface area (Å²) in [5.74, 6) is -3.00. The smallest absolute Gasteiger partial charge is 0.251 e. The molecule has 0 saturated carbocycles. The Balaban J connectivity index is 1.42. The normalized spacial score (nSPS) is 17.3. The highest BCUT2D eigenvalue weighted by Crippen LogP contribution is 2.25. The zero-order valence-corrected chi connectivity index (χ0v) is 14.3. The fraction of sp³-hybridized carbons (Fsp3) is 0.200. The first-order valence-corrected chi connectivity index (χ1v) is 8.65. The molecule has 1 saturated heterocycles. The fourth-order valence-electron chi connectivity index (χ4n) is 3.41. The predicted octanol–water partition coefficient (Wildman–Crippen LogP) is 2.91. The van der Waals surface area contributed by atoms with Crippen LogP contribution in [0.25, 0.3) is 10.9 Å². The van der Waals surface area contributed by atoms with Crippen LogP contribution in [0.2, 0.25) is 0 Å². The topological polar surface area (TPSA) is 65.2 Å². The molecule has 2 aromatic carbocycles. The van der Waals surface area contributed by atoms with E-state index in [0.717, 1.165) is 33.5 Å².